The van der Waals surface area contributed by atoms with Crippen molar-refractivity contribution in [2.24, 2.45) is 0 Å². The molecule has 4 rings (SSSR count). The number of hydrogen-bond donors (Lipinski definition) is 3. The van der Waals surface area contributed by atoms with Crippen molar-refractivity contribution in [3.8, 4) is 11.3 Å². The first-order chi connectivity index (χ1) is 16.6. The highest BCUT2D eigenvalue weighted by Crippen LogP contribution is 2.33. The van der Waals surface area contributed by atoms with Crippen LogP contribution in [0.5, 0.6) is 0 Å². The molecule has 1 unspecified atom stereocenters. The molecule has 7 nitrogen and oxygen atoms in total. The molecule has 11 heteroatoms. The lowest BCUT2D eigenvalue weighted by Gasteiger charge is -2.17. The largest absolute Gasteiger partial charge is 0.416 e. The van der Waals surface area contributed by atoms with Crippen LogP contribution in [-0.4, -0.2) is 32.2 Å². The van der Waals surface area contributed by atoms with Gasteiger partial charge in [-0.15, -0.1) is 0 Å². The molecule has 182 valence electrons. The Morgan fingerprint density at radius 2 is 1.89 bits per heavy atom. The number of rotatable bonds is 6. The number of H-pyrrole nitrogens is 1. The van der Waals surface area contributed by atoms with Gasteiger partial charge in [0.15, 0.2) is 5.69 Å². The van der Waals surface area contributed by atoms with E-state index in [1.807, 2.05) is 0 Å². The van der Waals surface area contributed by atoms with Crippen LogP contribution in [0.2, 0.25) is 0 Å². The maximum absolute atomic E-state index is 13.2. The Morgan fingerprint density at radius 1 is 1.17 bits per heavy atom. The minimum Gasteiger partial charge on any atom is -0.396 e. The molecule has 0 saturated carbocycles. The molecular weight excluding hydrogens is 468 g/mol. The van der Waals surface area contributed by atoms with E-state index in [4.69, 9.17) is 0 Å². The number of hydrogen-bond acceptors (Lipinski definition) is 4. The summed E-state index contributed by atoms with van der Waals surface area (Å²) in [6, 6.07) is 9.59. The van der Waals surface area contributed by atoms with E-state index in [-0.39, 0.29) is 35.5 Å². The molecule has 0 aliphatic heterocycles. The maximum atomic E-state index is 13.2. The second kappa shape index (κ2) is 9.34. The second-order valence-corrected chi connectivity index (χ2v) is 7.97. The fraction of sp³-hybridized carbons (Fsp3) is 0.208. The van der Waals surface area contributed by atoms with Gasteiger partial charge in [-0.1, -0.05) is 18.2 Å². The molecule has 0 fully saturated rings. The number of amides is 1. The molecule has 1 atom stereocenters. The maximum Gasteiger partial charge on any atom is 0.416 e. The third kappa shape index (κ3) is 5.09. The van der Waals surface area contributed by atoms with E-state index in [9.17, 15) is 32.3 Å². The first-order valence-electron chi connectivity index (χ1n) is 10.5. The number of carbonyl (C=O) groups is 1. The highest BCUT2D eigenvalue weighted by atomic mass is 19.4. The van der Waals surface area contributed by atoms with Crippen molar-refractivity contribution in [1.82, 2.24) is 19.9 Å². The smallest absolute Gasteiger partial charge is 0.396 e. The monoisotopic (exact) mass is 488 g/mol. The van der Waals surface area contributed by atoms with E-state index < -0.39 is 35.1 Å². The van der Waals surface area contributed by atoms with Gasteiger partial charge in [0.05, 0.1) is 23.5 Å². The molecule has 0 saturated heterocycles. The standard InChI is InChI=1S/C24H20F4N4O3/c1-13-10-15(4-7-17(13)24(26,27)28)20-12-32-21(23(35)30-20)11-19(31-32)22(34)29-18(8-9-33)14-2-5-16(25)6-3-14/h2-7,10-12,18,33H,8-9H2,1H3,(H,29,34)(H,30,35). The molecule has 0 bridgehead atoms. The van der Waals surface area contributed by atoms with Gasteiger partial charge in [0, 0.05) is 12.7 Å². The van der Waals surface area contributed by atoms with Crippen molar-refractivity contribution in [2.45, 2.75) is 25.6 Å². The number of aryl methyl sites for hydroxylation is 1. The number of carbonyl (C=O) groups excluding carboxylic acids is 1. The number of aliphatic hydroxyl groups excluding tert-OH is 1. The van der Waals surface area contributed by atoms with Gasteiger partial charge in [0.2, 0.25) is 0 Å². The predicted octanol–water partition coefficient (Wildman–Crippen LogP) is 4.01. The van der Waals surface area contributed by atoms with Gasteiger partial charge in [0.25, 0.3) is 11.5 Å². The molecule has 0 radical (unpaired) electrons. The molecule has 4 aromatic rings. The molecule has 3 N–H and O–H groups in total. The predicted molar refractivity (Wildman–Crippen MR) is 119 cm³/mol. The topological polar surface area (TPSA) is 99.5 Å². The third-order valence-corrected chi connectivity index (χ3v) is 5.54. The van der Waals surface area contributed by atoms with Crippen molar-refractivity contribution >= 4 is 11.4 Å². The van der Waals surface area contributed by atoms with E-state index in [0.29, 0.717) is 11.1 Å². The van der Waals surface area contributed by atoms with Crippen LogP contribution >= 0.6 is 0 Å². The number of fused-ring (bicyclic) bond motifs is 1. The minimum absolute atomic E-state index is 0.00723. The van der Waals surface area contributed by atoms with Gasteiger partial charge in [-0.3, -0.25) is 9.59 Å². The zero-order valence-corrected chi connectivity index (χ0v) is 18.4. The van der Waals surface area contributed by atoms with Crippen LogP contribution in [0.15, 0.2) is 59.5 Å². The number of halogens is 4. The van der Waals surface area contributed by atoms with Crippen molar-refractivity contribution in [1.29, 1.82) is 0 Å². The molecule has 2 heterocycles. The third-order valence-electron chi connectivity index (χ3n) is 5.54. The van der Waals surface area contributed by atoms with Gasteiger partial charge < -0.3 is 15.4 Å². The summed E-state index contributed by atoms with van der Waals surface area (Å²) in [7, 11) is 0. The first-order valence-corrected chi connectivity index (χ1v) is 10.5. The SMILES string of the molecule is Cc1cc(-c2cn3nc(C(=O)NC(CCO)c4ccc(F)cc4)cc3c(=O)[nH]2)ccc1C(F)(F)F. The summed E-state index contributed by atoms with van der Waals surface area (Å²) in [6.07, 6.45) is -2.92. The lowest BCUT2D eigenvalue weighted by molar-refractivity contribution is -0.138. The van der Waals surface area contributed by atoms with Crippen LogP contribution in [0.4, 0.5) is 17.6 Å². The molecule has 2 aromatic carbocycles. The number of alkyl halides is 3. The number of aromatic nitrogens is 3. The summed E-state index contributed by atoms with van der Waals surface area (Å²) < 4.78 is 53.6. The Kier molecular flexibility index (Phi) is 6.44. The van der Waals surface area contributed by atoms with Gasteiger partial charge in [0.1, 0.15) is 11.3 Å². The summed E-state index contributed by atoms with van der Waals surface area (Å²) in [5.41, 5.74) is -0.251. The Labute approximate surface area is 196 Å². The molecule has 1 amide bonds. The summed E-state index contributed by atoms with van der Waals surface area (Å²) in [6.45, 7) is 1.09. The van der Waals surface area contributed by atoms with Crippen molar-refractivity contribution in [3.05, 3.63) is 93.3 Å². The minimum atomic E-state index is -4.49. The summed E-state index contributed by atoms with van der Waals surface area (Å²) in [5, 5.41) is 16.2. The van der Waals surface area contributed by atoms with E-state index in [1.54, 1.807) is 0 Å². The van der Waals surface area contributed by atoms with Crippen LogP contribution in [0.25, 0.3) is 16.8 Å². The molecule has 0 aliphatic rings. The van der Waals surface area contributed by atoms with E-state index in [2.05, 4.69) is 15.4 Å². The normalized spacial score (nSPS) is 12.6. The molecule has 0 spiro atoms. The molecule has 2 aromatic heterocycles. The van der Waals surface area contributed by atoms with Gasteiger partial charge in [-0.2, -0.15) is 18.3 Å². The highest BCUT2D eigenvalue weighted by molar-refractivity contribution is 5.93. The van der Waals surface area contributed by atoms with Crippen molar-refractivity contribution < 1.29 is 27.5 Å². The van der Waals surface area contributed by atoms with Crippen LogP contribution in [-0.2, 0) is 6.18 Å². The van der Waals surface area contributed by atoms with E-state index >= 15 is 0 Å². The second-order valence-electron chi connectivity index (χ2n) is 7.97. The number of aliphatic hydroxyl groups is 1. The lowest BCUT2D eigenvalue weighted by Crippen LogP contribution is -2.29. The van der Waals surface area contributed by atoms with Gasteiger partial charge in [-0.05, 0) is 54.3 Å². The van der Waals surface area contributed by atoms with Crippen molar-refractivity contribution in [3.63, 3.8) is 0 Å². The van der Waals surface area contributed by atoms with Crippen molar-refractivity contribution in [2.75, 3.05) is 6.61 Å². The fourth-order valence-electron chi connectivity index (χ4n) is 3.79. The molecular formula is C24H20F4N4O3. The average molecular weight is 488 g/mol. The van der Waals surface area contributed by atoms with E-state index in [1.165, 1.54) is 60.1 Å². The van der Waals surface area contributed by atoms with Crippen LogP contribution in [0, 0.1) is 12.7 Å². The Balaban J connectivity index is 1.64. The Bertz CT molecular complexity index is 1440. The van der Waals surface area contributed by atoms with Crippen LogP contribution in [0.3, 0.4) is 0 Å². The quantitative estimate of drug-likeness (QED) is 0.357. The van der Waals surface area contributed by atoms with Crippen LogP contribution < -0.4 is 10.9 Å². The lowest BCUT2D eigenvalue weighted by atomic mass is 10.0. The fourth-order valence-corrected chi connectivity index (χ4v) is 3.79. The van der Waals surface area contributed by atoms with E-state index in [0.717, 1.165) is 6.07 Å². The number of aromatic amines is 1. The average Bonchev–Trinajstić information content (AvgIpc) is 3.23. The summed E-state index contributed by atoms with van der Waals surface area (Å²) in [4.78, 5) is 28.0. The number of nitrogens with one attached hydrogen (secondary N) is 2. The Hall–Kier alpha value is -3.99. The zero-order chi connectivity index (χ0) is 25.3. The number of nitrogens with zero attached hydrogens (tertiary/aromatic N) is 2. The highest BCUT2D eigenvalue weighted by Gasteiger charge is 2.32. The number of benzene rings is 2. The van der Waals surface area contributed by atoms with Crippen LogP contribution in [0.1, 0.15) is 39.6 Å². The summed E-state index contributed by atoms with van der Waals surface area (Å²) in [5.74, 6) is -1.07. The molecule has 35 heavy (non-hydrogen) atoms. The summed E-state index contributed by atoms with van der Waals surface area (Å²) >= 11 is 0. The van der Waals surface area contributed by atoms with Gasteiger partial charge >= 0.3 is 6.18 Å². The first kappa shape index (κ1) is 24.1. The molecule has 0 aliphatic carbocycles. The van der Waals surface area contributed by atoms with Gasteiger partial charge in [-0.25, -0.2) is 8.91 Å². The Morgan fingerprint density at radius 3 is 2.51 bits per heavy atom. The zero-order valence-electron chi connectivity index (χ0n) is 18.4.